The first kappa shape index (κ1) is 20.0. The van der Waals surface area contributed by atoms with Crippen molar-refractivity contribution >= 4 is 29.2 Å². The molecule has 1 saturated heterocycles. The molecule has 0 unspecified atom stereocenters. The number of anilines is 2. The number of hydrogen-bond donors (Lipinski definition) is 2. The van der Waals surface area contributed by atoms with Crippen molar-refractivity contribution in [2.75, 3.05) is 30.0 Å². The smallest absolute Gasteiger partial charge is 0.355 e. The summed E-state index contributed by atoms with van der Waals surface area (Å²) in [4.78, 5) is 44.5. The van der Waals surface area contributed by atoms with Crippen molar-refractivity contribution in [3.05, 3.63) is 40.6 Å². The molecule has 12 nitrogen and oxygen atoms in total. The maximum atomic E-state index is 12.0. The summed E-state index contributed by atoms with van der Waals surface area (Å²) in [5.74, 6) is -1.12. The molecule has 2 aromatic heterocycles. The van der Waals surface area contributed by atoms with Crippen LogP contribution < -0.4 is 15.8 Å². The van der Waals surface area contributed by atoms with Crippen LogP contribution in [0.2, 0.25) is 0 Å². The molecule has 3 rings (SSSR count). The minimum atomic E-state index is -0.617. The van der Waals surface area contributed by atoms with E-state index in [9.17, 15) is 19.7 Å². The van der Waals surface area contributed by atoms with Crippen LogP contribution in [0.15, 0.2) is 29.1 Å². The summed E-state index contributed by atoms with van der Waals surface area (Å²) in [7, 11) is 0. The van der Waals surface area contributed by atoms with Gasteiger partial charge in [-0.25, -0.2) is 9.97 Å². The summed E-state index contributed by atoms with van der Waals surface area (Å²) in [6.07, 6.45) is 3.50. The molecule has 0 radical (unpaired) electrons. The highest BCUT2D eigenvalue weighted by molar-refractivity contribution is 5.92. The normalized spacial score (nSPS) is 14.3. The third-order valence-corrected chi connectivity index (χ3v) is 4.44. The van der Waals surface area contributed by atoms with Crippen molar-refractivity contribution < 1.29 is 23.7 Å². The number of nitrogens with one attached hydrogen (secondary N) is 2. The molecule has 2 aromatic rings. The highest BCUT2D eigenvalue weighted by atomic mass is 16.6. The molecule has 0 aromatic carbocycles. The monoisotopic (exact) mass is 404 g/mol. The lowest BCUT2D eigenvalue weighted by Crippen LogP contribution is -2.38. The van der Waals surface area contributed by atoms with Gasteiger partial charge >= 0.3 is 17.6 Å². The summed E-state index contributed by atoms with van der Waals surface area (Å²) in [5, 5.41) is 11.7. The van der Waals surface area contributed by atoms with Gasteiger partial charge in [0.2, 0.25) is 11.6 Å². The minimum Gasteiger partial charge on any atom is -0.466 e. The van der Waals surface area contributed by atoms with E-state index in [-0.39, 0.29) is 35.0 Å². The van der Waals surface area contributed by atoms with E-state index in [4.69, 9.17) is 9.15 Å². The van der Waals surface area contributed by atoms with Crippen molar-refractivity contribution in [2.45, 2.75) is 19.8 Å². The second-order valence-corrected chi connectivity index (χ2v) is 6.22. The first-order chi connectivity index (χ1) is 14.0. The number of hydrogen-bond acceptors (Lipinski definition) is 10. The van der Waals surface area contributed by atoms with Crippen LogP contribution in [0.4, 0.5) is 17.3 Å². The highest BCUT2D eigenvalue weighted by Crippen LogP contribution is 2.33. The van der Waals surface area contributed by atoms with Crippen LogP contribution in [0.25, 0.3) is 0 Å². The second kappa shape index (κ2) is 8.99. The van der Waals surface area contributed by atoms with E-state index in [1.807, 2.05) is 0 Å². The number of amides is 1. The van der Waals surface area contributed by atoms with Gasteiger partial charge in [0, 0.05) is 13.1 Å². The quantitative estimate of drug-likeness (QED) is 0.394. The topological polar surface area (TPSA) is 153 Å². The van der Waals surface area contributed by atoms with Crippen molar-refractivity contribution in [1.82, 2.24) is 15.4 Å². The van der Waals surface area contributed by atoms with Crippen LogP contribution in [-0.2, 0) is 9.53 Å². The number of piperidine rings is 1. The van der Waals surface area contributed by atoms with E-state index in [2.05, 4.69) is 20.8 Å². The second-order valence-electron chi connectivity index (χ2n) is 6.22. The van der Waals surface area contributed by atoms with Crippen molar-refractivity contribution in [2.24, 2.45) is 5.92 Å². The lowest BCUT2D eigenvalue weighted by Gasteiger charge is -2.31. The van der Waals surface area contributed by atoms with Crippen molar-refractivity contribution in [3.63, 3.8) is 0 Å². The Morgan fingerprint density at radius 3 is 2.76 bits per heavy atom. The molecule has 29 heavy (non-hydrogen) atoms. The first-order valence-electron chi connectivity index (χ1n) is 9.02. The fourth-order valence-corrected chi connectivity index (χ4v) is 3.03. The summed E-state index contributed by atoms with van der Waals surface area (Å²) in [6, 6.07) is 2.99. The molecule has 0 bridgehead atoms. The summed E-state index contributed by atoms with van der Waals surface area (Å²) < 4.78 is 10.0. The standard InChI is InChI=1S/C17H20N6O6/c1-2-28-17(25)11-5-7-22(8-6-11)15-13(23(26)27)14(18-10-19-15)20-21-16(24)12-4-3-9-29-12/h3-4,9-11H,2,5-8H2,1H3,(H,21,24)(H,18,19,20). The third kappa shape index (κ3) is 4.59. The fraction of sp³-hybridized carbons (Fsp3) is 0.412. The Bertz CT molecular complexity index is 879. The van der Waals surface area contributed by atoms with Gasteiger partial charge in [0.25, 0.3) is 0 Å². The number of aromatic nitrogens is 2. The lowest BCUT2D eigenvalue weighted by atomic mass is 9.97. The predicted molar refractivity (Wildman–Crippen MR) is 100 cm³/mol. The number of furan rings is 1. The zero-order valence-corrected chi connectivity index (χ0v) is 15.7. The molecule has 154 valence electrons. The maximum Gasteiger partial charge on any atom is 0.355 e. The van der Waals surface area contributed by atoms with Gasteiger partial charge in [-0.2, -0.15) is 0 Å². The lowest BCUT2D eigenvalue weighted by molar-refractivity contribution is -0.383. The van der Waals surface area contributed by atoms with E-state index in [1.165, 1.54) is 18.7 Å². The number of ether oxygens (including phenoxy) is 1. The Labute approximate surface area is 165 Å². The molecule has 1 amide bonds. The molecular weight excluding hydrogens is 384 g/mol. The zero-order chi connectivity index (χ0) is 20.8. The molecule has 1 aliphatic rings. The Morgan fingerprint density at radius 1 is 1.38 bits per heavy atom. The largest absolute Gasteiger partial charge is 0.466 e. The van der Waals surface area contributed by atoms with Crippen LogP contribution in [0, 0.1) is 16.0 Å². The molecular formula is C17H20N6O6. The molecule has 1 aliphatic heterocycles. The van der Waals surface area contributed by atoms with Gasteiger partial charge in [-0.15, -0.1) is 0 Å². The molecule has 0 spiro atoms. The fourth-order valence-electron chi connectivity index (χ4n) is 3.03. The van der Waals surface area contributed by atoms with Gasteiger partial charge in [-0.05, 0) is 31.9 Å². The Hall–Kier alpha value is -3.70. The van der Waals surface area contributed by atoms with Gasteiger partial charge in [0.1, 0.15) is 6.33 Å². The molecule has 1 fully saturated rings. The number of carbonyl (C=O) groups is 2. The van der Waals surface area contributed by atoms with Crippen LogP contribution in [-0.4, -0.2) is 46.5 Å². The van der Waals surface area contributed by atoms with Gasteiger partial charge < -0.3 is 14.1 Å². The first-order valence-corrected chi connectivity index (χ1v) is 9.02. The van der Waals surface area contributed by atoms with E-state index >= 15 is 0 Å². The molecule has 3 heterocycles. The average molecular weight is 404 g/mol. The minimum absolute atomic E-state index is 0.0375. The number of esters is 1. The summed E-state index contributed by atoms with van der Waals surface area (Å²) >= 11 is 0. The average Bonchev–Trinajstić information content (AvgIpc) is 3.27. The van der Waals surface area contributed by atoms with Gasteiger partial charge in [-0.1, -0.05) is 0 Å². The Balaban J connectivity index is 1.73. The number of nitro groups is 1. The summed E-state index contributed by atoms with van der Waals surface area (Å²) in [6.45, 7) is 2.87. The van der Waals surface area contributed by atoms with E-state index in [0.717, 1.165) is 0 Å². The van der Waals surface area contributed by atoms with Crippen LogP contribution in [0.1, 0.15) is 30.3 Å². The predicted octanol–water partition coefficient (Wildman–Crippen LogP) is 1.51. The molecule has 0 saturated carbocycles. The number of carbonyl (C=O) groups excluding carboxylic acids is 2. The van der Waals surface area contributed by atoms with E-state index in [1.54, 1.807) is 17.9 Å². The van der Waals surface area contributed by atoms with Gasteiger partial charge in [0.05, 0.1) is 23.7 Å². The van der Waals surface area contributed by atoms with Crippen molar-refractivity contribution in [1.29, 1.82) is 0 Å². The highest BCUT2D eigenvalue weighted by Gasteiger charge is 2.32. The Kier molecular flexibility index (Phi) is 6.22. The maximum absolute atomic E-state index is 12.0. The number of rotatable bonds is 7. The molecule has 12 heteroatoms. The SMILES string of the molecule is CCOC(=O)C1CCN(c2ncnc(NNC(=O)c3ccco3)c2[N+](=O)[O-])CC1. The number of nitrogens with zero attached hydrogens (tertiary/aromatic N) is 4. The van der Waals surface area contributed by atoms with Gasteiger partial charge in [-0.3, -0.25) is 30.6 Å². The zero-order valence-electron chi connectivity index (χ0n) is 15.7. The summed E-state index contributed by atoms with van der Waals surface area (Å²) in [5.41, 5.74) is 4.39. The van der Waals surface area contributed by atoms with E-state index < -0.39 is 10.8 Å². The third-order valence-electron chi connectivity index (χ3n) is 4.44. The van der Waals surface area contributed by atoms with Crippen LogP contribution >= 0.6 is 0 Å². The van der Waals surface area contributed by atoms with Gasteiger partial charge in [0.15, 0.2) is 5.76 Å². The molecule has 0 atom stereocenters. The van der Waals surface area contributed by atoms with E-state index in [0.29, 0.717) is 32.5 Å². The van der Waals surface area contributed by atoms with Crippen LogP contribution in [0.5, 0.6) is 0 Å². The van der Waals surface area contributed by atoms with Crippen LogP contribution in [0.3, 0.4) is 0 Å². The van der Waals surface area contributed by atoms with Crippen molar-refractivity contribution in [3.8, 4) is 0 Å². The molecule has 2 N–H and O–H groups in total. The molecule has 0 aliphatic carbocycles. The number of hydrazine groups is 1. The Morgan fingerprint density at radius 2 is 2.14 bits per heavy atom.